The van der Waals surface area contributed by atoms with Gasteiger partial charge in [-0.05, 0) is 77.9 Å². The fourth-order valence-corrected chi connectivity index (χ4v) is 7.44. The molecule has 0 aliphatic carbocycles. The van der Waals surface area contributed by atoms with Gasteiger partial charge >= 0.3 is 0 Å². The maximum absolute atomic E-state index is 10.3. The summed E-state index contributed by atoms with van der Waals surface area (Å²) in [6.07, 6.45) is 0. The first-order chi connectivity index (χ1) is 24.7. The molecule has 9 aromatic rings. The summed E-state index contributed by atoms with van der Waals surface area (Å²) in [5.41, 5.74) is 10.8. The second-order valence-corrected chi connectivity index (χ2v) is 12.3. The lowest BCUT2D eigenvalue weighted by Crippen LogP contribution is -1.99. The van der Waals surface area contributed by atoms with Crippen LogP contribution < -0.4 is 0 Å². The molecule has 0 N–H and O–H groups in total. The van der Waals surface area contributed by atoms with Crippen LogP contribution in [0.2, 0.25) is 0 Å². The van der Waals surface area contributed by atoms with E-state index in [4.69, 9.17) is 0 Å². The van der Waals surface area contributed by atoms with E-state index < -0.39 is 0 Å². The number of aromatic nitrogens is 2. The maximum atomic E-state index is 10.3. The fourth-order valence-electron chi connectivity index (χ4n) is 7.44. The molecule has 0 saturated heterocycles. The van der Waals surface area contributed by atoms with Gasteiger partial charge in [-0.2, -0.15) is 15.8 Å². The van der Waals surface area contributed by atoms with Crippen LogP contribution in [0.25, 0.3) is 77.2 Å². The molecule has 0 amide bonds. The average Bonchev–Trinajstić information content (AvgIpc) is 3.70. The third kappa shape index (κ3) is 4.31. The largest absolute Gasteiger partial charge is 0.309 e. The van der Waals surface area contributed by atoms with E-state index >= 15 is 0 Å². The number of nitrogens with zero attached hydrogens (tertiary/aromatic N) is 5. The van der Waals surface area contributed by atoms with Crippen molar-refractivity contribution in [3.63, 3.8) is 0 Å². The number of para-hydroxylation sites is 4. The van der Waals surface area contributed by atoms with Gasteiger partial charge in [0.1, 0.15) is 12.1 Å². The van der Waals surface area contributed by atoms with Crippen molar-refractivity contribution in [2.45, 2.75) is 0 Å². The third-order valence-electron chi connectivity index (χ3n) is 9.64. The first kappa shape index (κ1) is 28.8. The van der Waals surface area contributed by atoms with Crippen molar-refractivity contribution in [1.82, 2.24) is 9.13 Å². The van der Waals surface area contributed by atoms with E-state index in [2.05, 4.69) is 112 Å². The highest BCUT2D eigenvalue weighted by atomic mass is 15.0. The number of rotatable bonds is 4. The summed E-state index contributed by atoms with van der Waals surface area (Å²) in [6.45, 7) is 0. The summed E-state index contributed by atoms with van der Waals surface area (Å²) in [6, 6.07) is 57.9. The highest BCUT2D eigenvalue weighted by Crippen LogP contribution is 2.39. The molecule has 0 bridgehead atoms. The molecule has 0 unspecified atom stereocenters. The lowest BCUT2D eigenvalue weighted by Gasteiger charge is -2.16. The summed E-state index contributed by atoms with van der Waals surface area (Å²) < 4.78 is 4.48. The molecule has 5 heteroatoms. The van der Waals surface area contributed by atoms with Crippen LogP contribution in [0, 0.1) is 34.0 Å². The van der Waals surface area contributed by atoms with Gasteiger partial charge in [-0.25, -0.2) is 0 Å². The predicted molar refractivity (Wildman–Crippen MR) is 200 cm³/mol. The van der Waals surface area contributed by atoms with Crippen molar-refractivity contribution in [3.05, 3.63) is 168 Å². The quantitative estimate of drug-likeness (QED) is 0.193. The molecule has 7 aromatic carbocycles. The smallest absolute Gasteiger partial charge is 0.101 e. The molecule has 0 fully saturated rings. The van der Waals surface area contributed by atoms with Gasteiger partial charge < -0.3 is 9.13 Å². The number of nitriles is 3. The zero-order valence-electron chi connectivity index (χ0n) is 26.7. The predicted octanol–water partition coefficient (Wildman–Crippen LogP) is 10.8. The molecular formula is C45H25N5. The molecule has 2 heterocycles. The van der Waals surface area contributed by atoms with E-state index in [9.17, 15) is 15.8 Å². The minimum atomic E-state index is 0.321. The molecule has 2 aromatic heterocycles. The summed E-state index contributed by atoms with van der Waals surface area (Å²) in [5.74, 6) is 0. The first-order valence-electron chi connectivity index (χ1n) is 16.3. The van der Waals surface area contributed by atoms with Crippen molar-refractivity contribution >= 4 is 43.6 Å². The maximum Gasteiger partial charge on any atom is 0.101 e. The van der Waals surface area contributed by atoms with Gasteiger partial charge in [-0.3, -0.25) is 0 Å². The molecule has 0 atom stereocenters. The Bertz CT molecular complexity index is 2900. The summed E-state index contributed by atoms with van der Waals surface area (Å²) >= 11 is 0. The SMILES string of the molecule is N#Cc1ccc2c(c1)c1ccccc1n2-c1ccccc1-c1cc(C#N)c(C#N)c(-c2ccc(-n3c4ccccc4c4ccccc43)cc2)c1. The molecule has 230 valence electrons. The normalized spacial score (nSPS) is 11.1. The van der Waals surface area contributed by atoms with Crippen LogP contribution in [-0.4, -0.2) is 9.13 Å². The molecular weight excluding hydrogens is 611 g/mol. The molecule has 50 heavy (non-hydrogen) atoms. The van der Waals surface area contributed by atoms with Gasteiger partial charge in [-0.15, -0.1) is 0 Å². The molecule has 5 nitrogen and oxygen atoms in total. The Kier molecular flexibility index (Phi) is 6.56. The van der Waals surface area contributed by atoms with Crippen LogP contribution >= 0.6 is 0 Å². The van der Waals surface area contributed by atoms with E-state index in [-0.39, 0.29) is 0 Å². The van der Waals surface area contributed by atoms with Crippen LogP contribution in [0.4, 0.5) is 0 Å². The van der Waals surface area contributed by atoms with E-state index in [1.807, 2.05) is 66.7 Å². The van der Waals surface area contributed by atoms with E-state index in [0.717, 1.165) is 60.9 Å². The number of hydrogen-bond donors (Lipinski definition) is 0. The second kappa shape index (κ2) is 11.4. The Morgan fingerprint density at radius 3 is 1.62 bits per heavy atom. The van der Waals surface area contributed by atoms with Crippen molar-refractivity contribution in [1.29, 1.82) is 15.8 Å². The minimum Gasteiger partial charge on any atom is -0.309 e. The van der Waals surface area contributed by atoms with Gasteiger partial charge in [0.05, 0.1) is 50.5 Å². The van der Waals surface area contributed by atoms with Crippen molar-refractivity contribution in [2.75, 3.05) is 0 Å². The summed E-state index contributed by atoms with van der Waals surface area (Å²) in [7, 11) is 0. The molecule has 0 radical (unpaired) electrons. The summed E-state index contributed by atoms with van der Waals surface area (Å²) in [4.78, 5) is 0. The number of hydrogen-bond acceptors (Lipinski definition) is 3. The van der Waals surface area contributed by atoms with Gasteiger partial charge in [0, 0.05) is 38.4 Å². The lowest BCUT2D eigenvalue weighted by atomic mass is 9.91. The van der Waals surface area contributed by atoms with E-state index in [1.165, 1.54) is 10.8 Å². The summed E-state index contributed by atoms with van der Waals surface area (Å²) in [5, 5.41) is 34.7. The van der Waals surface area contributed by atoms with Crippen LogP contribution in [0.5, 0.6) is 0 Å². The Hall–Kier alpha value is -7.39. The zero-order chi connectivity index (χ0) is 33.8. The van der Waals surface area contributed by atoms with Gasteiger partial charge in [0.15, 0.2) is 0 Å². The van der Waals surface area contributed by atoms with Crippen molar-refractivity contribution < 1.29 is 0 Å². The van der Waals surface area contributed by atoms with Crippen molar-refractivity contribution in [2.24, 2.45) is 0 Å². The lowest BCUT2D eigenvalue weighted by molar-refractivity contribution is 1.18. The fraction of sp³-hybridized carbons (Fsp3) is 0. The van der Waals surface area contributed by atoms with Crippen LogP contribution in [0.3, 0.4) is 0 Å². The number of fused-ring (bicyclic) bond motifs is 6. The highest BCUT2D eigenvalue weighted by molar-refractivity contribution is 6.11. The van der Waals surface area contributed by atoms with E-state index in [1.54, 1.807) is 0 Å². The standard InChI is InChI=1S/C45H25N5/c46-26-29-17-22-45-39(23-29)37-12-4-8-16-44(37)50(45)41-13-5-1-9-34(41)31-24-32(27-47)40(28-48)38(25-31)30-18-20-33(21-19-30)49-42-14-6-2-10-35(42)36-11-3-7-15-43(36)49/h1-25H. The molecule has 0 aliphatic heterocycles. The zero-order valence-corrected chi connectivity index (χ0v) is 26.7. The topological polar surface area (TPSA) is 81.2 Å². The Morgan fingerprint density at radius 1 is 0.400 bits per heavy atom. The van der Waals surface area contributed by atoms with Crippen molar-refractivity contribution in [3.8, 4) is 51.8 Å². The second-order valence-electron chi connectivity index (χ2n) is 12.3. The van der Waals surface area contributed by atoms with Gasteiger partial charge in [-0.1, -0.05) is 84.9 Å². The highest BCUT2D eigenvalue weighted by Gasteiger charge is 2.19. The van der Waals surface area contributed by atoms with Gasteiger partial charge in [0.25, 0.3) is 0 Å². The van der Waals surface area contributed by atoms with Crippen LogP contribution in [0.15, 0.2) is 152 Å². The monoisotopic (exact) mass is 635 g/mol. The Morgan fingerprint density at radius 2 is 0.980 bits per heavy atom. The minimum absolute atomic E-state index is 0.321. The Balaban J connectivity index is 1.23. The molecule has 0 spiro atoms. The Labute approximate surface area is 287 Å². The first-order valence-corrected chi connectivity index (χ1v) is 16.3. The molecule has 9 rings (SSSR count). The van der Waals surface area contributed by atoms with Crippen LogP contribution in [0.1, 0.15) is 16.7 Å². The average molecular weight is 636 g/mol. The molecule has 0 aliphatic rings. The third-order valence-corrected chi connectivity index (χ3v) is 9.64. The number of benzene rings is 7. The van der Waals surface area contributed by atoms with E-state index in [0.29, 0.717) is 22.3 Å². The molecule has 0 saturated carbocycles. The van der Waals surface area contributed by atoms with Gasteiger partial charge in [0.2, 0.25) is 0 Å². The van der Waals surface area contributed by atoms with Crippen LogP contribution in [-0.2, 0) is 0 Å².